The Labute approximate surface area is 160 Å². The van der Waals surface area contributed by atoms with Crippen molar-refractivity contribution >= 4 is 22.9 Å². The quantitative estimate of drug-likeness (QED) is 0.672. The molecule has 28 heavy (non-hydrogen) atoms. The Morgan fingerprint density at radius 2 is 1.71 bits per heavy atom. The highest BCUT2D eigenvalue weighted by molar-refractivity contribution is 5.91. The summed E-state index contributed by atoms with van der Waals surface area (Å²) >= 11 is 0. The number of aromatic nitrogens is 1. The number of carbonyl (C=O) groups excluding carboxylic acids is 2. The van der Waals surface area contributed by atoms with Gasteiger partial charge in [0.15, 0.2) is 11.3 Å². The lowest BCUT2D eigenvalue weighted by atomic mass is 10.2. The summed E-state index contributed by atoms with van der Waals surface area (Å²) in [5, 5.41) is 0. The highest BCUT2D eigenvalue weighted by Gasteiger charge is 2.25. The summed E-state index contributed by atoms with van der Waals surface area (Å²) in [6, 6.07) is 10.6. The van der Waals surface area contributed by atoms with E-state index in [-0.39, 0.29) is 11.8 Å². The minimum absolute atomic E-state index is 0.0333. The molecule has 0 unspecified atom stereocenters. The zero-order valence-electron chi connectivity index (χ0n) is 15.4. The van der Waals surface area contributed by atoms with Crippen molar-refractivity contribution in [1.82, 2.24) is 14.4 Å². The Balaban J connectivity index is 1.27. The fourth-order valence-corrected chi connectivity index (χ4v) is 3.49. The number of furan rings is 1. The second kappa shape index (κ2) is 7.75. The van der Waals surface area contributed by atoms with Crippen molar-refractivity contribution in [1.29, 1.82) is 0 Å². The molecule has 2 amide bonds. The predicted molar refractivity (Wildman–Crippen MR) is 101 cm³/mol. The van der Waals surface area contributed by atoms with E-state index in [0.717, 1.165) is 5.52 Å². The van der Waals surface area contributed by atoms with Gasteiger partial charge in [-0.15, -0.1) is 0 Å². The molecule has 1 fully saturated rings. The lowest BCUT2D eigenvalue weighted by Gasteiger charge is -2.34. The molecule has 1 aliphatic heterocycles. The first-order chi connectivity index (χ1) is 13.6. The second-order valence-electron chi connectivity index (χ2n) is 6.74. The number of aryl methyl sites for hydroxylation is 1. The molecular formula is C20H21N3O5. The molecule has 0 spiro atoms. The maximum atomic E-state index is 12.5. The van der Waals surface area contributed by atoms with Gasteiger partial charge < -0.3 is 18.6 Å². The average molecular weight is 383 g/mol. The molecule has 1 saturated heterocycles. The first-order valence-electron chi connectivity index (χ1n) is 9.32. The lowest BCUT2D eigenvalue weighted by Crippen LogP contribution is -2.50. The standard InChI is InChI=1S/C20H21N3O5/c24-18(8-3-9-23-15-5-1-2-6-16(15)28-20(23)26)21-10-12-22(13-11-21)19(25)17-7-4-14-27-17/h1-2,4-7,14H,3,8-13H2. The van der Waals surface area contributed by atoms with Crippen molar-refractivity contribution < 1.29 is 18.4 Å². The summed E-state index contributed by atoms with van der Waals surface area (Å²) in [5.74, 6) is -0.203. The van der Waals surface area contributed by atoms with Crippen LogP contribution in [0.4, 0.5) is 0 Å². The van der Waals surface area contributed by atoms with Crippen molar-refractivity contribution in [3.8, 4) is 0 Å². The number of rotatable bonds is 5. The monoisotopic (exact) mass is 383 g/mol. The number of carbonyl (C=O) groups is 2. The number of hydrogen-bond acceptors (Lipinski definition) is 5. The van der Waals surface area contributed by atoms with Gasteiger partial charge in [-0.05, 0) is 30.7 Å². The molecular weight excluding hydrogens is 362 g/mol. The van der Waals surface area contributed by atoms with Gasteiger partial charge in [0.05, 0.1) is 11.8 Å². The van der Waals surface area contributed by atoms with E-state index in [9.17, 15) is 14.4 Å². The average Bonchev–Trinajstić information content (AvgIpc) is 3.36. The summed E-state index contributed by atoms with van der Waals surface area (Å²) in [7, 11) is 0. The predicted octanol–water partition coefficient (Wildman–Crippen LogP) is 1.95. The molecule has 3 aromatic rings. The Kier molecular flexibility index (Phi) is 5.01. The molecule has 1 aromatic carbocycles. The van der Waals surface area contributed by atoms with Gasteiger partial charge in [0, 0.05) is 39.1 Å². The third-order valence-corrected chi connectivity index (χ3v) is 5.00. The minimum Gasteiger partial charge on any atom is -0.459 e. The first kappa shape index (κ1) is 18.1. The van der Waals surface area contributed by atoms with Crippen LogP contribution in [0.2, 0.25) is 0 Å². The van der Waals surface area contributed by atoms with Gasteiger partial charge in [0.25, 0.3) is 5.91 Å². The SMILES string of the molecule is O=C(CCCn1c(=O)oc2ccccc21)N1CCN(C(=O)c2ccco2)CC1. The molecule has 0 atom stereocenters. The fourth-order valence-electron chi connectivity index (χ4n) is 3.49. The van der Waals surface area contributed by atoms with Crippen LogP contribution in [0.1, 0.15) is 23.4 Å². The largest absolute Gasteiger partial charge is 0.459 e. The number of piperazine rings is 1. The van der Waals surface area contributed by atoms with Crippen LogP contribution in [-0.4, -0.2) is 52.4 Å². The maximum absolute atomic E-state index is 12.5. The number of amides is 2. The zero-order chi connectivity index (χ0) is 19.5. The lowest BCUT2D eigenvalue weighted by molar-refractivity contribution is -0.132. The molecule has 4 rings (SSSR count). The molecule has 8 nitrogen and oxygen atoms in total. The normalized spacial score (nSPS) is 14.6. The summed E-state index contributed by atoms with van der Waals surface area (Å²) in [6.07, 6.45) is 2.37. The summed E-state index contributed by atoms with van der Waals surface area (Å²) in [4.78, 5) is 40.2. The number of fused-ring (bicyclic) bond motifs is 1. The van der Waals surface area contributed by atoms with Gasteiger partial charge in [0.2, 0.25) is 5.91 Å². The van der Waals surface area contributed by atoms with Crippen LogP contribution in [0.25, 0.3) is 11.1 Å². The number of para-hydroxylation sites is 2. The van der Waals surface area contributed by atoms with E-state index in [1.165, 1.54) is 6.26 Å². The van der Waals surface area contributed by atoms with Crippen molar-refractivity contribution in [2.75, 3.05) is 26.2 Å². The van der Waals surface area contributed by atoms with E-state index in [1.807, 2.05) is 18.2 Å². The third kappa shape index (κ3) is 3.58. The van der Waals surface area contributed by atoms with Gasteiger partial charge in [-0.3, -0.25) is 14.2 Å². The second-order valence-corrected chi connectivity index (χ2v) is 6.74. The number of oxazole rings is 1. The van der Waals surface area contributed by atoms with Crippen LogP contribution >= 0.6 is 0 Å². The Morgan fingerprint density at radius 3 is 2.46 bits per heavy atom. The van der Waals surface area contributed by atoms with Crippen molar-refractivity contribution in [3.05, 3.63) is 59.0 Å². The van der Waals surface area contributed by atoms with E-state index in [0.29, 0.717) is 56.9 Å². The number of hydrogen-bond donors (Lipinski definition) is 0. The molecule has 0 radical (unpaired) electrons. The van der Waals surface area contributed by atoms with Crippen LogP contribution in [0.3, 0.4) is 0 Å². The molecule has 146 valence electrons. The maximum Gasteiger partial charge on any atom is 0.419 e. The van der Waals surface area contributed by atoms with Crippen molar-refractivity contribution in [2.24, 2.45) is 0 Å². The van der Waals surface area contributed by atoms with E-state index in [2.05, 4.69) is 0 Å². The molecule has 3 heterocycles. The molecule has 0 N–H and O–H groups in total. The molecule has 0 bridgehead atoms. The zero-order valence-corrected chi connectivity index (χ0v) is 15.4. The van der Waals surface area contributed by atoms with Crippen molar-refractivity contribution in [3.63, 3.8) is 0 Å². The molecule has 8 heteroatoms. The molecule has 0 saturated carbocycles. The number of nitrogens with zero attached hydrogens (tertiary/aromatic N) is 3. The third-order valence-electron chi connectivity index (χ3n) is 5.00. The van der Waals surface area contributed by atoms with Crippen LogP contribution in [0.5, 0.6) is 0 Å². The van der Waals surface area contributed by atoms with Crippen LogP contribution in [-0.2, 0) is 11.3 Å². The highest BCUT2D eigenvalue weighted by Crippen LogP contribution is 2.14. The van der Waals surface area contributed by atoms with E-state index in [1.54, 1.807) is 32.6 Å². The van der Waals surface area contributed by atoms with Crippen LogP contribution < -0.4 is 5.76 Å². The van der Waals surface area contributed by atoms with E-state index in [4.69, 9.17) is 8.83 Å². The Hall–Kier alpha value is -3.29. The van der Waals surface area contributed by atoms with E-state index < -0.39 is 5.76 Å². The van der Waals surface area contributed by atoms with Gasteiger partial charge in [-0.2, -0.15) is 0 Å². The molecule has 0 aliphatic carbocycles. The Bertz CT molecular complexity index is 1030. The van der Waals surface area contributed by atoms with Crippen molar-refractivity contribution in [2.45, 2.75) is 19.4 Å². The van der Waals surface area contributed by atoms with Gasteiger partial charge in [0.1, 0.15) is 0 Å². The summed E-state index contributed by atoms with van der Waals surface area (Å²) in [5.41, 5.74) is 1.29. The summed E-state index contributed by atoms with van der Waals surface area (Å²) in [6.45, 7) is 2.40. The molecule has 2 aromatic heterocycles. The fraction of sp³-hybridized carbons (Fsp3) is 0.350. The smallest absolute Gasteiger partial charge is 0.419 e. The topological polar surface area (TPSA) is 88.9 Å². The summed E-state index contributed by atoms with van der Waals surface area (Å²) < 4.78 is 11.9. The number of benzene rings is 1. The van der Waals surface area contributed by atoms with E-state index >= 15 is 0 Å². The minimum atomic E-state index is -0.404. The first-order valence-corrected chi connectivity index (χ1v) is 9.32. The highest BCUT2D eigenvalue weighted by atomic mass is 16.4. The van der Waals surface area contributed by atoms with Gasteiger partial charge in [-0.1, -0.05) is 12.1 Å². The van der Waals surface area contributed by atoms with Gasteiger partial charge in [-0.25, -0.2) is 4.79 Å². The van der Waals surface area contributed by atoms with Gasteiger partial charge >= 0.3 is 5.76 Å². The Morgan fingerprint density at radius 1 is 0.964 bits per heavy atom. The van der Waals surface area contributed by atoms with Crippen LogP contribution in [0, 0.1) is 0 Å². The molecule has 1 aliphatic rings. The van der Waals surface area contributed by atoms with Crippen LogP contribution in [0.15, 0.2) is 56.3 Å².